The van der Waals surface area contributed by atoms with E-state index in [-0.39, 0.29) is 31.1 Å². The van der Waals surface area contributed by atoms with Crippen LogP contribution < -0.4 is 0 Å². The molecule has 0 heterocycles. The monoisotopic (exact) mass is 779 g/mol. The van der Waals surface area contributed by atoms with Crippen molar-refractivity contribution in [3.05, 3.63) is 0 Å². The van der Waals surface area contributed by atoms with Gasteiger partial charge in [0, 0.05) is 19.3 Å². The highest BCUT2D eigenvalue weighted by Gasteiger charge is 2.19. The van der Waals surface area contributed by atoms with Crippen LogP contribution in [-0.4, -0.2) is 37.2 Å². The highest BCUT2D eigenvalue weighted by Crippen LogP contribution is 2.18. The van der Waals surface area contributed by atoms with E-state index in [2.05, 4.69) is 41.5 Å². The summed E-state index contributed by atoms with van der Waals surface area (Å²) in [5, 5.41) is 0. The molecule has 6 heteroatoms. The van der Waals surface area contributed by atoms with Crippen molar-refractivity contribution in [1.82, 2.24) is 0 Å². The predicted octanol–water partition coefficient (Wildman–Crippen LogP) is 15.2. The molecule has 0 radical (unpaired) electrons. The molecule has 0 saturated heterocycles. The number of unbranched alkanes of at least 4 members (excludes halogenated alkanes) is 23. The van der Waals surface area contributed by atoms with E-state index >= 15 is 0 Å². The van der Waals surface area contributed by atoms with Crippen LogP contribution in [0.2, 0.25) is 0 Å². The Hall–Kier alpha value is -1.59. The zero-order valence-corrected chi connectivity index (χ0v) is 37.7. The molecule has 2 unspecified atom stereocenters. The Bertz CT molecular complexity index is 856. The smallest absolute Gasteiger partial charge is 0.306 e. The molecule has 0 amide bonds. The molecule has 0 saturated carbocycles. The lowest BCUT2D eigenvalue weighted by Gasteiger charge is -2.18. The fourth-order valence-corrected chi connectivity index (χ4v) is 7.17. The maximum Gasteiger partial charge on any atom is 0.306 e. The first kappa shape index (κ1) is 53.4. The first-order valence-electron chi connectivity index (χ1n) is 24.2. The van der Waals surface area contributed by atoms with Gasteiger partial charge < -0.3 is 14.2 Å². The topological polar surface area (TPSA) is 78.9 Å². The van der Waals surface area contributed by atoms with E-state index in [9.17, 15) is 14.4 Å². The van der Waals surface area contributed by atoms with Crippen LogP contribution >= 0.6 is 0 Å². The number of ether oxygens (including phenoxy) is 3. The Morgan fingerprint density at radius 1 is 0.364 bits per heavy atom. The third-order valence-corrected chi connectivity index (χ3v) is 11.6. The second-order valence-corrected chi connectivity index (χ2v) is 17.7. The predicted molar refractivity (Wildman–Crippen MR) is 233 cm³/mol. The molecule has 0 fully saturated rings. The van der Waals surface area contributed by atoms with Crippen molar-refractivity contribution in [3.8, 4) is 0 Å². The van der Waals surface area contributed by atoms with Gasteiger partial charge in [-0.1, -0.05) is 221 Å². The van der Waals surface area contributed by atoms with Crippen molar-refractivity contribution in [3.63, 3.8) is 0 Å². The van der Waals surface area contributed by atoms with Crippen LogP contribution in [0.4, 0.5) is 0 Å². The lowest BCUT2D eigenvalue weighted by atomic mass is 9.99. The first-order valence-corrected chi connectivity index (χ1v) is 24.2. The van der Waals surface area contributed by atoms with Crippen molar-refractivity contribution in [2.75, 3.05) is 13.2 Å². The molecule has 0 aromatic rings. The quantitative estimate of drug-likeness (QED) is 0.0349. The summed E-state index contributed by atoms with van der Waals surface area (Å²) >= 11 is 0. The molecule has 0 aliphatic carbocycles. The van der Waals surface area contributed by atoms with Crippen molar-refractivity contribution in [1.29, 1.82) is 0 Å². The first-order chi connectivity index (χ1) is 26.7. The number of rotatable bonds is 42. The van der Waals surface area contributed by atoms with Crippen LogP contribution in [0.25, 0.3) is 0 Å². The van der Waals surface area contributed by atoms with Gasteiger partial charge in [0.2, 0.25) is 0 Å². The molecule has 6 nitrogen and oxygen atoms in total. The van der Waals surface area contributed by atoms with Gasteiger partial charge in [-0.25, -0.2) is 0 Å². The van der Waals surface area contributed by atoms with Gasteiger partial charge in [0.1, 0.15) is 13.2 Å². The third kappa shape index (κ3) is 40.4. The summed E-state index contributed by atoms with van der Waals surface area (Å²) in [6.07, 6.45) is 37.9. The van der Waals surface area contributed by atoms with E-state index in [4.69, 9.17) is 14.2 Å². The van der Waals surface area contributed by atoms with Gasteiger partial charge in [-0.15, -0.1) is 0 Å². The van der Waals surface area contributed by atoms with Gasteiger partial charge in [0.15, 0.2) is 6.10 Å². The molecular formula is C49H94O6. The Labute approximate surface area is 342 Å². The number of carbonyl (C=O) groups is 3. The van der Waals surface area contributed by atoms with E-state index in [0.717, 1.165) is 75.5 Å². The van der Waals surface area contributed by atoms with Crippen LogP contribution in [0.5, 0.6) is 0 Å². The second-order valence-electron chi connectivity index (χ2n) is 17.7. The van der Waals surface area contributed by atoms with Gasteiger partial charge in [0.05, 0.1) is 0 Å². The largest absolute Gasteiger partial charge is 0.462 e. The zero-order chi connectivity index (χ0) is 40.6. The number of esters is 3. The fourth-order valence-electron chi connectivity index (χ4n) is 7.17. The maximum absolute atomic E-state index is 12.7. The standard InChI is InChI=1S/C49H94O6/c1-7-44(5)36-30-24-18-11-9-10-12-20-26-32-38-47(50)53-41-46(55-49(52)40-34-28-22-15-13-17-23-29-35-43(3)4)42-54-48(51)39-33-27-21-16-14-19-25-31-37-45(6)8-2/h43-46H,7-42H2,1-6H3/t44?,45?,46-/m1/s1. The molecule has 0 aromatic carbocycles. The van der Waals surface area contributed by atoms with E-state index in [0.29, 0.717) is 19.3 Å². The van der Waals surface area contributed by atoms with Gasteiger partial charge in [-0.3, -0.25) is 14.4 Å². The van der Waals surface area contributed by atoms with Crippen LogP contribution in [0.1, 0.15) is 260 Å². The van der Waals surface area contributed by atoms with Crippen LogP contribution in [0, 0.1) is 17.8 Å². The maximum atomic E-state index is 12.7. The molecule has 0 aliphatic heterocycles. The van der Waals surface area contributed by atoms with E-state index in [1.165, 1.54) is 141 Å². The van der Waals surface area contributed by atoms with Crippen molar-refractivity contribution >= 4 is 17.9 Å². The SMILES string of the molecule is CCC(C)CCCCCCCCCCCCC(=O)OC[C@H](COC(=O)CCCCCCCCCCC(C)CC)OC(=O)CCCCCCCCCCC(C)C. The Kier molecular flexibility index (Phi) is 39.4. The minimum absolute atomic E-state index is 0.0661. The summed E-state index contributed by atoms with van der Waals surface area (Å²) in [7, 11) is 0. The average molecular weight is 779 g/mol. The summed E-state index contributed by atoms with van der Waals surface area (Å²) in [6.45, 7) is 13.7. The highest BCUT2D eigenvalue weighted by molar-refractivity contribution is 5.71. The summed E-state index contributed by atoms with van der Waals surface area (Å²) in [6, 6.07) is 0. The normalized spacial score (nSPS) is 13.1. The average Bonchev–Trinajstić information content (AvgIpc) is 3.17. The summed E-state index contributed by atoms with van der Waals surface area (Å²) in [4.78, 5) is 37.8. The van der Waals surface area contributed by atoms with Gasteiger partial charge >= 0.3 is 17.9 Å². The molecule has 0 N–H and O–H groups in total. The second kappa shape index (κ2) is 40.6. The van der Waals surface area contributed by atoms with Crippen LogP contribution in [0.3, 0.4) is 0 Å². The highest BCUT2D eigenvalue weighted by atomic mass is 16.6. The lowest BCUT2D eigenvalue weighted by molar-refractivity contribution is -0.167. The molecule has 0 bridgehead atoms. The molecule has 55 heavy (non-hydrogen) atoms. The minimum atomic E-state index is -0.762. The fraction of sp³-hybridized carbons (Fsp3) is 0.939. The molecule has 0 spiro atoms. The Balaban J connectivity index is 4.34. The molecule has 0 rings (SSSR count). The minimum Gasteiger partial charge on any atom is -0.462 e. The zero-order valence-electron chi connectivity index (χ0n) is 37.7. The van der Waals surface area contributed by atoms with Crippen molar-refractivity contribution < 1.29 is 28.6 Å². The van der Waals surface area contributed by atoms with Gasteiger partial charge in [-0.2, -0.15) is 0 Å². The summed E-state index contributed by atoms with van der Waals surface area (Å²) in [5.41, 5.74) is 0. The van der Waals surface area contributed by atoms with Gasteiger partial charge in [0.25, 0.3) is 0 Å². The molecule has 326 valence electrons. The summed E-state index contributed by atoms with van der Waals surface area (Å²) in [5.74, 6) is 1.65. The van der Waals surface area contributed by atoms with E-state index in [1.54, 1.807) is 0 Å². The van der Waals surface area contributed by atoms with E-state index in [1.807, 2.05) is 0 Å². The Morgan fingerprint density at radius 3 is 0.945 bits per heavy atom. The van der Waals surface area contributed by atoms with Crippen LogP contribution in [0.15, 0.2) is 0 Å². The molecule has 0 aliphatic rings. The molecular weight excluding hydrogens is 685 g/mol. The molecule has 0 aromatic heterocycles. The lowest BCUT2D eigenvalue weighted by Crippen LogP contribution is -2.30. The van der Waals surface area contributed by atoms with Crippen LogP contribution in [-0.2, 0) is 28.6 Å². The van der Waals surface area contributed by atoms with Gasteiger partial charge in [-0.05, 0) is 37.0 Å². The third-order valence-electron chi connectivity index (χ3n) is 11.6. The number of carbonyl (C=O) groups excluding carboxylic acids is 3. The Morgan fingerprint density at radius 2 is 0.636 bits per heavy atom. The van der Waals surface area contributed by atoms with Crippen molar-refractivity contribution in [2.24, 2.45) is 17.8 Å². The summed E-state index contributed by atoms with van der Waals surface area (Å²) < 4.78 is 16.8. The number of hydrogen-bond acceptors (Lipinski definition) is 6. The van der Waals surface area contributed by atoms with Crippen molar-refractivity contribution in [2.45, 2.75) is 266 Å². The number of hydrogen-bond donors (Lipinski definition) is 0. The van der Waals surface area contributed by atoms with E-state index < -0.39 is 6.10 Å². The molecule has 3 atom stereocenters.